The highest BCUT2D eigenvalue weighted by Crippen LogP contribution is 2.37. The molecule has 2 aromatic carbocycles. The molecule has 1 aromatic heterocycles. The van der Waals surface area contributed by atoms with Gasteiger partial charge < -0.3 is 18.6 Å². The predicted molar refractivity (Wildman–Crippen MR) is 100 cm³/mol. The van der Waals surface area contributed by atoms with Gasteiger partial charge in [-0.1, -0.05) is 0 Å². The van der Waals surface area contributed by atoms with Crippen LogP contribution in [0.2, 0.25) is 0 Å². The summed E-state index contributed by atoms with van der Waals surface area (Å²) in [6.45, 7) is 0. The lowest BCUT2D eigenvalue weighted by molar-refractivity contribution is 0.391. The van der Waals surface area contributed by atoms with Gasteiger partial charge in [0.05, 0.1) is 24.9 Å². The van der Waals surface area contributed by atoms with Crippen molar-refractivity contribution in [2.24, 2.45) is 0 Å². The zero-order valence-corrected chi connectivity index (χ0v) is 15.5. The van der Waals surface area contributed by atoms with E-state index in [2.05, 4.69) is 22.6 Å². The fourth-order valence-electron chi connectivity index (χ4n) is 2.48. The molecule has 0 bridgehead atoms. The number of halogens is 1. The molecular formula is C18H15IO5. The van der Waals surface area contributed by atoms with E-state index < -0.39 is 0 Å². The van der Waals surface area contributed by atoms with Gasteiger partial charge in [-0.3, -0.25) is 4.79 Å². The molecule has 0 fully saturated rings. The largest absolute Gasteiger partial charge is 0.497 e. The number of ether oxygens (including phenoxy) is 3. The smallest absolute Gasteiger partial charge is 0.197 e. The van der Waals surface area contributed by atoms with E-state index >= 15 is 0 Å². The molecule has 1 heterocycles. The average molecular weight is 438 g/mol. The SMILES string of the molecule is COc1ccc(-c2cc(=O)c3c(OC)c(I)c(OC)cc3o2)cc1. The molecule has 0 aliphatic carbocycles. The summed E-state index contributed by atoms with van der Waals surface area (Å²) < 4.78 is 22.6. The maximum Gasteiger partial charge on any atom is 0.197 e. The van der Waals surface area contributed by atoms with Gasteiger partial charge in [0.15, 0.2) is 11.2 Å². The highest BCUT2D eigenvalue weighted by atomic mass is 127. The molecule has 0 spiro atoms. The molecule has 0 aliphatic heterocycles. The number of methoxy groups -OCH3 is 3. The maximum absolute atomic E-state index is 12.6. The first-order chi connectivity index (χ1) is 11.6. The normalized spacial score (nSPS) is 10.7. The van der Waals surface area contributed by atoms with Crippen LogP contribution in [0.4, 0.5) is 0 Å². The first kappa shape index (κ1) is 16.6. The second-order valence-electron chi connectivity index (χ2n) is 5.00. The Labute approximate surface area is 152 Å². The van der Waals surface area contributed by atoms with E-state index in [-0.39, 0.29) is 5.43 Å². The van der Waals surface area contributed by atoms with Crippen molar-refractivity contribution >= 4 is 33.6 Å². The summed E-state index contributed by atoms with van der Waals surface area (Å²) >= 11 is 2.09. The number of fused-ring (bicyclic) bond motifs is 1. The molecule has 24 heavy (non-hydrogen) atoms. The highest BCUT2D eigenvalue weighted by molar-refractivity contribution is 14.1. The van der Waals surface area contributed by atoms with Crippen molar-refractivity contribution in [3.05, 3.63) is 50.2 Å². The van der Waals surface area contributed by atoms with Crippen LogP contribution in [0, 0.1) is 3.57 Å². The molecule has 5 nitrogen and oxygen atoms in total. The molecule has 3 aromatic rings. The van der Waals surface area contributed by atoms with E-state index in [1.165, 1.54) is 13.2 Å². The molecular weight excluding hydrogens is 423 g/mol. The van der Waals surface area contributed by atoms with Crippen LogP contribution in [-0.4, -0.2) is 21.3 Å². The third-order valence-corrected chi connectivity index (χ3v) is 4.70. The van der Waals surface area contributed by atoms with Crippen LogP contribution >= 0.6 is 22.6 Å². The van der Waals surface area contributed by atoms with Gasteiger partial charge in [0.1, 0.15) is 28.2 Å². The van der Waals surface area contributed by atoms with Crippen molar-refractivity contribution < 1.29 is 18.6 Å². The number of hydrogen-bond donors (Lipinski definition) is 0. The monoisotopic (exact) mass is 438 g/mol. The van der Waals surface area contributed by atoms with Crippen LogP contribution in [0.25, 0.3) is 22.3 Å². The first-order valence-electron chi connectivity index (χ1n) is 7.11. The van der Waals surface area contributed by atoms with Crippen molar-refractivity contribution in [2.45, 2.75) is 0 Å². The van der Waals surface area contributed by atoms with Gasteiger partial charge in [-0.2, -0.15) is 0 Å². The van der Waals surface area contributed by atoms with Crippen molar-refractivity contribution in [1.82, 2.24) is 0 Å². The Morgan fingerprint density at radius 3 is 2.25 bits per heavy atom. The molecule has 3 rings (SSSR count). The second-order valence-corrected chi connectivity index (χ2v) is 6.08. The molecule has 0 N–H and O–H groups in total. The minimum atomic E-state index is -0.167. The molecule has 6 heteroatoms. The van der Waals surface area contributed by atoms with Crippen LogP contribution in [0.3, 0.4) is 0 Å². The van der Waals surface area contributed by atoms with Gasteiger partial charge in [0.2, 0.25) is 0 Å². The summed E-state index contributed by atoms with van der Waals surface area (Å²) in [6.07, 6.45) is 0. The average Bonchev–Trinajstić information content (AvgIpc) is 2.61. The number of rotatable bonds is 4. The van der Waals surface area contributed by atoms with Crippen molar-refractivity contribution in [2.75, 3.05) is 21.3 Å². The van der Waals surface area contributed by atoms with E-state index in [0.717, 1.165) is 14.9 Å². The minimum absolute atomic E-state index is 0.167. The Bertz CT molecular complexity index is 944. The third-order valence-electron chi connectivity index (χ3n) is 3.68. The van der Waals surface area contributed by atoms with Crippen LogP contribution in [0.5, 0.6) is 17.2 Å². The number of benzene rings is 2. The predicted octanol–water partition coefficient (Wildman–Crippen LogP) is 4.09. The van der Waals surface area contributed by atoms with E-state index in [0.29, 0.717) is 28.2 Å². The summed E-state index contributed by atoms with van der Waals surface area (Å²) in [5, 5.41) is 0.403. The van der Waals surface area contributed by atoms with E-state index in [9.17, 15) is 4.79 Å². The quantitative estimate of drug-likeness (QED) is 0.575. The fourth-order valence-corrected chi connectivity index (χ4v) is 3.34. The molecule has 0 unspecified atom stereocenters. The van der Waals surface area contributed by atoms with Gasteiger partial charge in [0.25, 0.3) is 0 Å². The summed E-state index contributed by atoms with van der Waals surface area (Å²) in [5.74, 6) is 2.26. The first-order valence-corrected chi connectivity index (χ1v) is 8.19. The highest BCUT2D eigenvalue weighted by Gasteiger charge is 2.18. The second kappa shape index (κ2) is 6.72. The minimum Gasteiger partial charge on any atom is -0.497 e. The number of hydrogen-bond acceptors (Lipinski definition) is 5. The Morgan fingerprint density at radius 1 is 0.958 bits per heavy atom. The topological polar surface area (TPSA) is 57.9 Å². The standard InChI is InChI=1S/C18H15IO5/c1-21-11-6-4-10(5-7-11)13-8-12(20)16-14(24-13)9-15(22-2)17(19)18(16)23-3/h4-9H,1-3H3. The van der Waals surface area contributed by atoms with Crippen LogP contribution in [0.1, 0.15) is 0 Å². The van der Waals surface area contributed by atoms with Gasteiger partial charge in [-0.05, 0) is 46.9 Å². The van der Waals surface area contributed by atoms with E-state index in [1.807, 2.05) is 24.3 Å². The van der Waals surface area contributed by atoms with Crippen LogP contribution < -0.4 is 19.6 Å². The van der Waals surface area contributed by atoms with Crippen molar-refractivity contribution in [3.8, 4) is 28.6 Å². The molecule has 0 atom stereocenters. The molecule has 124 valence electrons. The third kappa shape index (κ3) is 2.82. The Kier molecular flexibility index (Phi) is 4.66. The summed E-state index contributed by atoms with van der Waals surface area (Å²) in [5.41, 5.74) is 1.04. The summed E-state index contributed by atoms with van der Waals surface area (Å²) in [6, 6.07) is 10.5. The summed E-state index contributed by atoms with van der Waals surface area (Å²) in [4.78, 5) is 12.6. The lowest BCUT2D eigenvalue weighted by atomic mass is 10.1. The van der Waals surface area contributed by atoms with Gasteiger partial charge in [-0.25, -0.2) is 0 Å². The Morgan fingerprint density at radius 2 is 1.67 bits per heavy atom. The Hall–Kier alpha value is -2.22. The lowest BCUT2D eigenvalue weighted by Crippen LogP contribution is -2.05. The zero-order valence-electron chi connectivity index (χ0n) is 13.4. The fraction of sp³-hybridized carbons (Fsp3) is 0.167. The maximum atomic E-state index is 12.6. The van der Waals surface area contributed by atoms with Crippen molar-refractivity contribution in [1.29, 1.82) is 0 Å². The molecule has 0 saturated carbocycles. The summed E-state index contributed by atoms with van der Waals surface area (Å²) in [7, 11) is 4.69. The van der Waals surface area contributed by atoms with E-state index in [4.69, 9.17) is 18.6 Å². The van der Waals surface area contributed by atoms with Crippen LogP contribution in [0.15, 0.2) is 45.6 Å². The Balaban J connectivity index is 2.26. The van der Waals surface area contributed by atoms with E-state index in [1.54, 1.807) is 20.3 Å². The van der Waals surface area contributed by atoms with Crippen LogP contribution in [-0.2, 0) is 0 Å². The van der Waals surface area contributed by atoms with Gasteiger partial charge in [-0.15, -0.1) is 0 Å². The van der Waals surface area contributed by atoms with Gasteiger partial charge >= 0.3 is 0 Å². The molecule has 0 saturated heterocycles. The lowest BCUT2D eigenvalue weighted by Gasteiger charge is -2.12. The van der Waals surface area contributed by atoms with Gasteiger partial charge in [0, 0.05) is 17.7 Å². The molecule has 0 radical (unpaired) electrons. The zero-order chi connectivity index (χ0) is 17.3. The van der Waals surface area contributed by atoms with Crippen molar-refractivity contribution in [3.63, 3.8) is 0 Å². The molecule has 0 amide bonds. The molecule has 0 aliphatic rings.